The van der Waals surface area contributed by atoms with Crippen LogP contribution >= 0.6 is 0 Å². The van der Waals surface area contributed by atoms with Crippen LogP contribution in [0.25, 0.3) is 0 Å². The first-order valence-electron chi connectivity index (χ1n) is 6.09. The molecule has 0 aliphatic carbocycles. The number of aliphatic hydroxyl groups is 1. The molecule has 2 N–H and O–H groups in total. The fraction of sp³-hybridized carbons (Fsp3) is 0.500. The molecule has 0 amide bonds. The van der Waals surface area contributed by atoms with Crippen LogP contribution in [0.4, 0.5) is 5.69 Å². The summed E-state index contributed by atoms with van der Waals surface area (Å²) in [7, 11) is 1.35. The monoisotopic (exact) mass is 251 g/mol. The smallest absolute Gasteiger partial charge is 0.305 e. The summed E-state index contributed by atoms with van der Waals surface area (Å²) >= 11 is 0. The first-order valence-corrected chi connectivity index (χ1v) is 6.09. The van der Waals surface area contributed by atoms with Gasteiger partial charge in [-0.15, -0.1) is 0 Å². The molecule has 0 aromatic heterocycles. The second-order valence-corrected chi connectivity index (χ2v) is 4.40. The Balaban J connectivity index is 2.40. The topological polar surface area (TPSA) is 58.6 Å². The van der Waals surface area contributed by atoms with Crippen molar-refractivity contribution < 1.29 is 14.6 Å². The van der Waals surface area contributed by atoms with Crippen molar-refractivity contribution in [3.8, 4) is 0 Å². The van der Waals surface area contributed by atoms with Crippen molar-refractivity contribution in [2.75, 3.05) is 19.0 Å². The Kier molecular flexibility index (Phi) is 5.65. The van der Waals surface area contributed by atoms with Crippen LogP contribution in [-0.2, 0) is 9.53 Å². The fourth-order valence-electron chi connectivity index (χ4n) is 1.66. The first kappa shape index (κ1) is 14.5. The van der Waals surface area contributed by atoms with Gasteiger partial charge in [-0.3, -0.25) is 4.79 Å². The Morgan fingerprint density at radius 2 is 2.17 bits per heavy atom. The van der Waals surface area contributed by atoms with E-state index in [4.69, 9.17) is 0 Å². The van der Waals surface area contributed by atoms with Crippen molar-refractivity contribution in [3.63, 3.8) is 0 Å². The van der Waals surface area contributed by atoms with Crippen LogP contribution in [0.3, 0.4) is 0 Å². The van der Waals surface area contributed by atoms with E-state index in [2.05, 4.69) is 10.1 Å². The van der Waals surface area contributed by atoms with E-state index in [0.29, 0.717) is 13.0 Å². The normalized spacial score (nSPS) is 12.0. The van der Waals surface area contributed by atoms with E-state index in [-0.39, 0.29) is 12.4 Å². The summed E-state index contributed by atoms with van der Waals surface area (Å²) in [5, 5.41) is 12.9. The Morgan fingerprint density at radius 3 is 2.83 bits per heavy atom. The minimum Gasteiger partial charge on any atom is -0.469 e. The van der Waals surface area contributed by atoms with E-state index in [0.717, 1.165) is 5.69 Å². The molecule has 1 unspecified atom stereocenters. The Hall–Kier alpha value is -1.55. The molecule has 1 aromatic rings. The number of rotatable bonds is 6. The molecule has 18 heavy (non-hydrogen) atoms. The molecule has 1 rings (SSSR count). The van der Waals surface area contributed by atoms with Gasteiger partial charge in [-0.05, 0) is 37.5 Å². The SMILES string of the molecule is COC(=O)CCC(O)CNc1cccc(C)c1C. The minimum atomic E-state index is -0.552. The predicted octanol–water partition coefficient (Wildman–Crippen LogP) is 2.03. The third-order valence-corrected chi connectivity index (χ3v) is 3.04. The number of nitrogens with one attached hydrogen (secondary N) is 1. The van der Waals surface area contributed by atoms with Gasteiger partial charge in [0.25, 0.3) is 0 Å². The second kappa shape index (κ2) is 7.01. The summed E-state index contributed by atoms with van der Waals surface area (Å²) in [6.07, 6.45) is 0.0976. The Bertz CT molecular complexity index is 404. The highest BCUT2D eigenvalue weighted by Gasteiger charge is 2.09. The number of aryl methyl sites for hydroxylation is 1. The second-order valence-electron chi connectivity index (χ2n) is 4.40. The van der Waals surface area contributed by atoms with E-state index >= 15 is 0 Å². The average Bonchev–Trinajstić information content (AvgIpc) is 2.37. The maximum atomic E-state index is 10.9. The van der Waals surface area contributed by atoms with Crippen LogP contribution in [0.5, 0.6) is 0 Å². The number of esters is 1. The van der Waals surface area contributed by atoms with Gasteiger partial charge in [0.15, 0.2) is 0 Å². The number of carbonyl (C=O) groups excluding carboxylic acids is 1. The van der Waals surface area contributed by atoms with Crippen LogP contribution < -0.4 is 5.32 Å². The molecular formula is C14H21NO3. The lowest BCUT2D eigenvalue weighted by molar-refractivity contribution is -0.141. The zero-order valence-corrected chi connectivity index (χ0v) is 11.2. The Labute approximate surface area is 108 Å². The van der Waals surface area contributed by atoms with Crippen molar-refractivity contribution in [2.24, 2.45) is 0 Å². The highest BCUT2D eigenvalue weighted by molar-refractivity contribution is 5.69. The molecule has 0 saturated carbocycles. The lowest BCUT2D eigenvalue weighted by atomic mass is 10.1. The summed E-state index contributed by atoms with van der Waals surface area (Å²) < 4.78 is 4.53. The standard InChI is InChI=1S/C14H21NO3/c1-10-5-4-6-13(11(10)2)15-9-12(16)7-8-14(17)18-3/h4-6,12,15-16H,7-9H2,1-3H3. The van der Waals surface area contributed by atoms with Gasteiger partial charge in [-0.2, -0.15) is 0 Å². The van der Waals surface area contributed by atoms with Gasteiger partial charge in [0.05, 0.1) is 13.2 Å². The molecule has 0 saturated heterocycles. The number of hydrogen-bond acceptors (Lipinski definition) is 4. The molecule has 0 spiro atoms. The highest BCUT2D eigenvalue weighted by Crippen LogP contribution is 2.17. The van der Waals surface area contributed by atoms with E-state index < -0.39 is 6.10 Å². The molecule has 4 heteroatoms. The predicted molar refractivity (Wildman–Crippen MR) is 71.7 cm³/mol. The first-order chi connectivity index (χ1) is 8.54. The summed E-state index contributed by atoms with van der Waals surface area (Å²) in [6, 6.07) is 6.01. The van der Waals surface area contributed by atoms with Crippen LogP contribution in [-0.4, -0.2) is 30.8 Å². The van der Waals surface area contributed by atoms with Crippen molar-refractivity contribution in [3.05, 3.63) is 29.3 Å². The van der Waals surface area contributed by atoms with Gasteiger partial charge in [-0.1, -0.05) is 12.1 Å². The largest absolute Gasteiger partial charge is 0.469 e. The lowest BCUT2D eigenvalue weighted by Crippen LogP contribution is -2.21. The minimum absolute atomic E-state index is 0.242. The maximum Gasteiger partial charge on any atom is 0.305 e. The molecular weight excluding hydrogens is 230 g/mol. The van der Waals surface area contributed by atoms with Gasteiger partial charge in [-0.25, -0.2) is 0 Å². The zero-order chi connectivity index (χ0) is 13.5. The molecule has 0 fully saturated rings. The molecule has 1 aromatic carbocycles. The summed E-state index contributed by atoms with van der Waals surface area (Å²) in [6.45, 7) is 4.52. The third kappa shape index (κ3) is 4.37. The van der Waals surface area contributed by atoms with E-state index in [1.807, 2.05) is 32.0 Å². The summed E-state index contributed by atoms with van der Waals surface area (Å²) in [5.41, 5.74) is 3.41. The molecule has 0 aliphatic heterocycles. The van der Waals surface area contributed by atoms with E-state index in [1.54, 1.807) is 0 Å². The third-order valence-electron chi connectivity index (χ3n) is 3.04. The van der Waals surface area contributed by atoms with Crippen molar-refractivity contribution in [1.82, 2.24) is 0 Å². The molecule has 1 atom stereocenters. The van der Waals surface area contributed by atoms with Crippen LogP contribution in [0.15, 0.2) is 18.2 Å². The highest BCUT2D eigenvalue weighted by atomic mass is 16.5. The number of aliphatic hydroxyl groups excluding tert-OH is 1. The molecule has 100 valence electrons. The number of methoxy groups -OCH3 is 1. The molecule has 0 bridgehead atoms. The molecule has 0 heterocycles. The quantitative estimate of drug-likeness (QED) is 0.759. The van der Waals surface area contributed by atoms with Crippen molar-refractivity contribution in [1.29, 1.82) is 0 Å². The number of benzene rings is 1. The summed E-state index contributed by atoms with van der Waals surface area (Å²) in [4.78, 5) is 10.9. The zero-order valence-electron chi connectivity index (χ0n) is 11.2. The van der Waals surface area contributed by atoms with Gasteiger partial charge < -0.3 is 15.2 Å². The number of hydrogen-bond donors (Lipinski definition) is 2. The van der Waals surface area contributed by atoms with Crippen LogP contribution in [0, 0.1) is 13.8 Å². The fourth-order valence-corrected chi connectivity index (χ4v) is 1.66. The van der Waals surface area contributed by atoms with Gasteiger partial charge in [0.2, 0.25) is 0 Å². The number of ether oxygens (including phenoxy) is 1. The molecule has 0 aliphatic rings. The van der Waals surface area contributed by atoms with Crippen molar-refractivity contribution in [2.45, 2.75) is 32.8 Å². The van der Waals surface area contributed by atoms with E-state index in [1.165, 1.54) is 18.2 Å². The van der Waals surface area contributed by atoms with Crippen LogP contribution in [0.2, 0.25) is 0 Å². The van der Waals surface area contributed by atoms with Gasteiger partial charge in [0, 0.05) is 18.7 Å². The van der Waals surface area contributed by atoms with E-state index in [9.17, 15) is 9.90 Å². The van der Waals surface area contributed by atoms with Crippen LogP contribution in [0.1, 0.15) is 24.0 Å². The molecule has 4 nitrogen and oxygen atoms in total. The van der Waals surface area contributed by atoms with Gasteiger partial charge in [0.1, 0.15) is 0 Å². The lowest BCUT2D eigenvalue weighted by Gasteiger charge is -2.15. The average molecular weight is 251 g/mol. The van der Waals surface area contributed by atoms with Gasteiger partial charge >= 0.3 is 5.97 Å². The molecule has 0 radical (unpaired) electrons. The van der Waals surface area contributed by atoms with Crippen molar-refractivity contribution >= 4 is 11.7 Å². The Morgan fingerprint density at radius 1 is 1.44 bits per heavy atom. The number of anilines is 1. The maximum absolute atomic E-state index is 10.9. The number of carbonyl (C=O) groups is 1. The summed E-state index contributed by atoms with van der Waals surface area (Å²) in [5.74, 6) is -0.291.